The van der Waals surface area contributed by atoms with Gasteiger partial charge in [0.2, 0.25) is 0 Å². The number of rotatable bonds is 7. The molecule has 0 saturated carbocycles. The van der Waals surface area contributed by atoms with Crippen molar-refractivity contribution in [1.82, 2.24) is 0 Å². The van der Waals surface area contributed by atoms with E-state index in [1.54, 1.807) is 0 Å². The van der Waals surface area contributed by atoms with E-state index in [0.29, 0.717) is 6.61 Å². The zero-order valence-corrected chi connectivity index (χ0v) is 18.1. The van der Waals surface area contributed by atoms with E-state index in [1.165, 1.54) is 7.11 Å². The molecular weight excluding hydrogens is 360 g/mol. The number of benzene rings is 1. The quantitative estimate of drug-likeness (QED) is 0.568. The smallest absolute Gasteiger partial charge is 0.192 e. The summed E-state index contributed by atoms with van der Waals surface area (Å²) in [6.45, 7) is 11.2. The first-order valence-corrected chi connectivity index (χ1v) is 12.2. The van der Waals surface area contributed by atoms with Gasteiger partial charge in [0.05, 0.1) is 6.61 Å². The molecule has 1 unspecified atom stereocenters. The summed E-state index contributed by atoms with van der Waals surface area (Å²) in [5.74, 6) is 2.65. The Morgan fingerprint density at radius 2 is 1.89 bits per heavy atom. The fourth-order valence-corrected chi connectivity index (χ4v) is 3.72. The van der Waals surface area contributed by atoms with Crippen LogP contribution in [-0.2, 0) is 18.6 Å². The first-order valence-electron chi connectivity index (χ1n) is 9.27. The van der Waals surface area contributed by atoms with E-state index in [9.17, 15) is 5.11 Å². The standard InChI is InChI=1S/C21H32O5Si/c1-8-16(15-12-10-9-11-13-15)25-19-17(26-20(23-5)18(19)22)14-24-27(6,7)21(2,3)4/h1,9-13,16-20,22H,14H2,2-7H3/t16?,17-,18-,19-,20-/m0/s1. The van der Waals surface area contributed by atoms with E-state index >= 15 is 0 Å². The molecule has 5 atom stereocenters. The van der Waals surface area contributed by atoms with Gasteiger partial charge in [0, 0.05) is 7.11 Å². The van der Waals surface area contributed by atoms with Gasteiger partial charge in [-0.05, 0) is 23.7 Å². The highest BCUT2D eigenvalue weighted by molar-refractivity contribution is 6.74. The number of ether oxygens (including phenoxy) is 3. The molecule has 0 aromatic heterocycles. The van der Waals surface area contributed by atoms with Crippen molar-refractivity contribution in [2.45, 2.75) is 69.6 Å². The molecule has 5 nitrogen and oxygen atoms in total. The van der Waals surface area contributed by atoms with Gasteiger partial charge in [-0.3, -0.25) is 0 Å². The van der Waals surface area contributed by atoms with Crippen LogP contribution < -0.4 is 0 Å². The minimum atomic E-state index is -1.97. The number of aliphatic hydroxyl groups is 1. The minimum absolute atomic E-state index is 0.0760. The average molecular weight is 393 g/mol. The maximum atomic E-state index is 10.6. The lowest BCUT2D eigenvalue weighted by Crippen LogP contribution is -2.45. The van der Waals surface area contributed by atoms with Gasteiger partial charge in [0.15, 0.2) is 14.6 Å². The van der Waals surface area contributed by atoms with Crippen LogP contribution in [0.2, 0.25) is 18.1 Å². The highest BCUT2D eigenvalue weighted by Crippen LogP contribution is 2.38. The number of methoxy groups -OCH3 is 1. The van der Waals surface area contributed by atoms with Crippen molar-refractivity contribution in [2.75, 3.05) is 13.7 Å². The van der Waals surface area contributed by atoms with Gasteiger partial charge in [0.25, 0.3) is 0 Å². The van der Waals surface area contributed by atoms with E-state index < -0.39 is 39.0 Å². The fourth-order valence-electron chi connectivity index (χ4n) is 2.71. The molecule has 1 aromatic carbocycles. The molecule has 1 aromatic rings. The first-order chi connectivity index (χ1) is 12.6. The summed E-state index contributed by atoms with van der Waals surface area (Å²) >= 11 is 0. The molecule has 27 heavy (non-hydrogen) atoms. The van der Waals surface area contributed by atoms with Crippen LogP contribution in [0.1, 0.15) is 32.4 Å². The molecule has 150 valence electrons. The Bertz CT molecular complexity index is 634. The van der Waals surface area contributed by atoms with Crippen molar-refractivity contribution < 1.29 is 23.7 Å². The Morgan fingerprint density at radius 3 is 2.41 bits per heavy atom. The zero-order chi connectivity index (χ0) is 20.2. The third kappa shape index (κ3) is 5.20. The topological polar surface area (TPSA) is 57.2 Å². The zero-order valence-electron chi connectivity index (χ0n) is 17.1. The molecule has 2 rings (SSSR count). The molecule has 6 heteroatoms. The monoisotopic (exact) mass is 392 g/mol. The van der Waals surface area contributed by atoms with Crippen molar-refractivity contribution in [3.63, 3.8) is 0 Å². The molecule has 0 amide bonds. The number of hydrogen-bond donors (Lipinski definition) is 1. The van der Waals surface area contributed by atoms with E-state index in [1.807, 2.05) is 30.3 Å². The third-order valence-electron chi connectivity index (χ3n) is 5.48. The summed E-state index contributed by atoms with van der Waals surface area (Å²) in [6, 6.07) is 9.53. The Morgan fingerprint density at radius 1 is 1.26 bits per heavy atom. The molecule has 1 aliphatic heterocycles. The first kappa shape index (κ1) is 22.1. The summed E-state index contributed by atoms with van der Waals surface area (Å²) < 4.78 is 23.5. The van der Waals surface area contributed by atoms with E-state index in [0.717, 1.165) is 5.56 Å². The summed E-state index contributed by atoms with van der Waals surface area (Å²) in [4.78, 5) is 0. The van der Waals surface area contributed by atoms with Crippen LogP contribution >= 0.6 is 0 Å². The minimum Gasteiger partial charge on any atom is -0.414 e. The summed E-state index contributed by atoms with van der Waals surface area (Å²) in [7, 11) is -0.469. The molecule has 0 radical (unpaired) electrons. The van der Waals surface area contributed by atoms with Crippen molar-refractivity contribution in [3.8, 4) is 12.3 Å². The van der Waals surface area contributed by atoms with Gasteiger partial charge < -0.3 is 23.7 Å². The van der Waals surface area contributed by atoms with Crippen LogP contribution in [0.25, 0.3) is 0 Å². The largest absolute Gasteiger partial charge is 0.414 e. The number of hydrogen-bond acceptors (Lipinski definition) is 5. The maximum absolute atomic E-state index is 10.6. The molecule has 1 N–H and O–H groups in total. The summed E-state index contributed by atoms with van der Waals surface area (Å²) in [5, 5.41) is 10.7. The molecule has 1 saturated heterocycles. The van der Waals surface area contributed by atoms with E-state index in [2.05, 4.69) is 39.8 Å². The van der Waals surface area contributed by atoms with Crippen molar-refractivity contribution in [2.24, 2.45) is 0 Å². The Labute approximate surface area is 164 Å². The van der Waals surface area contributed by atoms with Crippen molar-refractivity contribution >= 4 is 8.32 Å². The highest BCUT2D eigenvalue weighted by Gasteiger charge is 2.47. The predicted molar refractivity (Wildman–Crippen MR) is 108 cm³/mol. The molecule has 1 fully saturated rings. The summed E-state index contributed by atoms with van der Waals surface area (Å²) in [5.41, 5.74) is 0.858. The SMILES string of the molecule is C#CC(O[C@@H]1[C@H](O)[C@@H](OC)O[C@H]1CO[Si](C)(C)C(C)(C)C)c1ccccc1. The van der Waals surface area contributed by atoms with Crippen LogP contribution in [0.5, 0.6) is 0 Å². The van der Waals surface area contributed by atoms with Gasteiger partial charge in [-0.25, -0.2) is 0 Å². The maximum Gasteiger partial charge on any atom is 0.192 e. The number of terminal acetylenes is 1. The fraction of sp³-hybridized carbons (Fsp3) is 0.619. The lowest BCUT2D eigenvalue weighted by molar-refractivity contribution is -0.152. The average Bonchev–Trinajstić information content (AvgIpc) is 2.92. The van der Waals surface area contributed by atoms with Crippen LogP contribution in [0, 0.1) is 12.3 Å². The second-order valence-corrected chi connectivity index (χ2v) is 13.2. The molecule has 0 bridgehead atoms. The Kier molecular flexibility index (Phi) is 7.25. The van der Waals surface area contributed by atoms with E-state index in [4.69, 9.17) is 25.1 Å². The normalized spacial score (nSPS) is 27.3. The van der Waals surface area contributed by atoms with Gasteiger partial charge in [-0.15, -0.1) is 6.42 Å². The van der Waals surface area contributed by atoms with E-state index in [-0.39, 0.29) is 5.04 Å². The lowest BCUT2D eigenvalue weighted by atomic mass is 10.1. The second-order valence-electron chi connectivity index (χ2n) is 8.40. The van der Waals surface area contributed by atoms with Crippen molar-refractivity contribution in [3.05, 3.63) is 35.9 Å². The lowest BCUT2D eigenvalue weighted by Gasteiger charge is -2.37. The number of aliphatic hydroxyl groups excluding tert-OH is 1. The third-order valence-corrected chi connectivity index (χ3v) is 9.99. The summed E-state index contributed by atoms with van der Waals surface area (Å²) in [6.07, 6.45) is 2.30. The Balaban J connectivity index is 2.14. The van der Waals surface area contributed by atoms with Gasteiger partial charge >= 0.3 is 0 Å². The predicted octanol–water partition coefficient (Wildman–Crippen LogP) is 3.50. The van der Waals surface area contributed by atoms with Crippen molar-refractivity contribution in [1.29, 1.82) is 0 Å². The molecule has 1 heterocycles. The molecule has 1 aliphatic rings. The molecule has 0 aliphatic carbocycles. The molecular formula is C21H32O5Si. The van der Waals surface area contributed by atoms with Crippen LogP contribution in [0.3, 0.4) is 0 Å². The van der Waals surface area contributed by atoms with Gasteiger partial charge in [-0.2, -0.15) is 0 Å². The highest BCUT2D eigenvalue weighted by atomic mass is 28.4. The van der Waals surface area contributed by atoms with Gasteiger partial charge in [-0.1, -0.05) is 57.0 Å². The second kappa shape index (κ2) is 8.87. The van der Waals surface area contributed by atoms with Crippen LogP contribution in [0.15, 0.2) is 30.3 Å². The molecule has 0 spiro atoms. The van der Waals surface area contributed by atoms with Crippen LogP contribution in [0.4, 0.5) is 0 Å². The van der Waals surface area contributed by atoms with Crippen LogP contribution in [-0.4, -0.2) is 51.7 Å². The Hall–Kier alpha value is -1.20. The van der Waals surface area contributed by atoms with Gasteiger partial charge in [0.1, 0.15) is 24.4 Å².